The first kappa shape index (κ1) is 9.45. The molecule has 0 aliphatic carbocycles. The molecular formula is C10H11NO2. The standard InChI is InChI=1S/C10H11NO2/c1-4-6-8-7(5-2)9(12)11(3)10(8)13/h4-6H,1H2,2-3H3/b7-5+,8-6+. The largest absolute Gasteiger partial charge is 0.277 e. The molecule has 1 fully saturated rings. The van der Waals surface area contributed by atoms with Gasteiger partial charge in [-0.25, -0.2) is 0 Å². The van der Waals surface area contributed by atoms with E-state index in [0.29, 0.717) is 11.1 Å². The fourth-order valence-corrected chi connectivity index (χ4v) is 1.24. The Morgan fingerprint density at radius 2 is 1.77 bits per heavy atom. The monoisotopic (exact) mass is 177 g/mol. The second kappa shape index (κ2) is 3.39. The highest BCUT2D eigenvalue weighted by Crippen LogP contribution is 2.23. The van der Waals surface area contributed by atoms with Gasteiger partial charge in [-0.1, -0.05) is 18.7 Å². The van der Waals surface area contributed by atoms with Crippen molar-refractivity contribution >= 4 is 11.8 Å². The SMILES string of the molecule is C=C/C=C1/C(=O)N(C)C(=O)/C1=C/C. The van der Waals surface area contributed by atoms with Crippen LogP contribution >= 0.6 is 0 Å². The van der Waals surface area contributed by atoms with E-state index in [1.807, 2.05) is 0 Å². The van der Waals surface area contributed by atoms with E-state index in [1.165, 1.54) is 13.1 Å². The molecule has 0 N–H and O–H groups in total. The third-order valence-corrected chi connectivity index (χ3v) is 1.93. The summed E-state index contributed by atoms with van der Waals surface area (Å²) in [4.78, 5) is 23.9. The molecule has 1 rings (SSSR count). The minimum absolute atomic E-state index is 0.249. The van der Waals surface area contributed by atoms with Gasteiger partial charge in [0.1, 0.15) is 0 Å². The third-order valence-electron chi connectivity index (χ3n) is 1.93. The molecule has 1 saturated heterocycles. The molecule has 3 heteroatoms. The zero-order valence-corrected chi connectivity index (χ0v) is 7.70. The summed E-state index contributed by atoms with van der Waals surface area (Å²) in [5.41, 5.74) is 0.873. The summed E-state index contributed by atoms with van der Waals surface area (Å²) >= 11 is 0. The van der Waals surface area contributed by atoms with Crippen LogP contribution in [0, 0.1) is 0 Å². The highest BCUT2D eigenvalue weighted by Gasteiger charge is 2.34. The molecule has 1 heterocycles. The summed E-state index contributed by atoms with van der Waals surface area (Å²) in [7, 11) is 1.47. The van der Waals surface area contributed by atoms with E-state index in [0.717, 1.165) is 4.90 Å². The van der Waals surface area contributed by atoms with Crippen LogP contribution in [0.25, 0.3) is 0 Å². The summed E-state index contributed by atoms with van der Waals surface area (Å²) < 4.78 is 0. The average Bonchev–Trinajstić information content (AvgIpc) is 2.32. The maximum atomic E-state index is 11.4. The lowest BCUT2D eigenvalue weighted by Crippen LogP contribution is -2.24. The van der Waals surface area contributed by atoms with Crippen molar-refractivity contribution in [2.45, 2.75) is 6.92 Å². The highest BCUT2D eigenvalue weighted by molar-refractivity contribution is 6.24. The van der Waals surface area contributed by atoms with Crippen molar-refractivity contribution in [2.24, 2.45) is 0 Å². The summed E-state index contributed by atoms with van der Waals surface area (Å²) in [5, 5.41) is 0. The van der Waals surface area contributed by atoms with Crippen molar-refractivity contribution in [3.63, 3.8) is 0 Å². The van der Waals surface area contributed by atoms with Gasteiger partial charge in [0.25, 0.3) is 11.8 Å². The minimum Gasteiger partial charge on any atom is -0.277 e. The fraction of sp³-hybridized carbons (Fsp3) is 0.200. The molecular weight excluding hydrogens is 166 g/mol. The fourth-order valence-electron chi connectivity index (χ4n) is 1.24. The van der Waals surface area contributed by atoms with Gasteiger partial charge < -0.3 is 0 Å². The summed E-state index contributed by atoms with van der Waals surface area (Å²) in [5.74, 6) is -0.515. The van der Waals surface area contributed by atoms with Gasteiger partial charge in [-0.05, 0) is 13.0 Å². The van der Waals surface area contributed by atoms with Gasteiger partial charge in [-0.2, -0.15) is 0 Å². The molecule has 0 aromatic rings. The quantitative estimate of drug-likeness (QED) is 0.443. The van der Waals surface area contributed by atoms with E-state index in [2.05, 4.69) is 6.58 Å². The molecule has 0 radical (unpaired) electrons. The first-order valence-electron chi connectivity index (χ1n) is 3.95. The molecule has 1 aliphatic rings. The molecule has 0 saturated carbocycles. The van der Waals surface area contributed by atoms with E-state index < -0.39 is 0 Å². The molecule has 0 atom stereocenters. The van der Waals surface area contributed by atoms with E-state index in [9.17, 15) is 9.59 Å². The second-order valence-corrected chi connectivity index (χ2v) is 2.69. The van der Waals surface area contributed by atoms with Crippen LogP contribution in [0.5, 0.6) is 0 Å². The lowest BCUT2D eigenvalue weighted by molar-refractivity contribution is -0.134. The molecule has 13 heavy (non-hydrogen) atoms. The van der Waals surface area contributed by atoms with E-state index in [1.54, 1.807) is 19.1 Å². The molecule has 0 spiro atoms. The molecule has 0 bridgehead atoms. The summed E-state index contributed by atoms with van der Waals surface area (Å²) in [6.45, 7) is 5.22. The van der Waals surface area contributed by atoms with E-state index >= 15 is 0 Å². The Labute approximate surface area is 77.0 Å². The minimum atomic E-state index is -0.266. The maximum absolute atomic E-state index is 11.4. The van der Waals surface area contributed by atoms with E-state index in [-0.39, 0.29) is 11.8 Å². The number of nitrogens with zero attached hydrogens (tertiary/aromatic N) is 1. The van der Waals surface area contributed by atoms with Gasteiger partial charge in [0, 0.05) is 12.6 Å². The van der Waals surface area contributed by atoms with Gasteiger partial charge in [0.15, 0.2) is 0 Å². The van der Waals surface area contributed by atoms with Crippen molar-refractivity contribution in [3.05, 3.63) is 36.0 Å². The molecule has 3 nitrogen and oxygen atoms in total. The Morgan fingerprint density at radius 3 is 2.23 bits per heavy atom. The van der Waals surface area contributed by atoms with Crippen molar-refractivity contribution in [2.75, 3.05) is 7.05 Å². The highest BCUT2D eigenvalue weighted by atomic mass is 16.2. The Hall–Kier alpha value is -1.64. The van der Waals surface area contributed by atoms with Crippen LogP contribution in [0.2, 0.25) is 0 Å². The van der Waals surface area contributed by atoms with Crippen LogP contribution in [0.1, 0.15) is 6.92 Å². The van der Waals surface area contributed by atoms with Crippen LogP contribution in [0.4, 0.5) is 0 Å². The smallest absolute Gasteiger partial charge is 0.261 e. The van der Waals surface area contributed by atoms with Gasteiger partial charge in [-0.15, -0.1) is 0 Å². The molecule has 0 aromatic heterocycles. The van der Waals surface area contributed by atoms with E-state index in [4.69, 9.17) is 0 Å². The van der Waals surface area contributed by atoms with Gasteiger partial charge >= 0.3 is 0 Å². The second-order valence-electron chi connectivity index (χ2n) is 2.69. The summed E-state index contributed by atoms with van der Waals surface area (Å²) in [6, 6.07) is 0. The van der Waals surface area contributed by atoms with Crippen molar-refractivity contribution in [1.29, 1.82) is 0 Å². The number of allylic oxidation sites excluding steroid dienone is 3. The lowest BCUT2D eigenvalue weighted by Gasteiger charge is -2.01. The van der Waals surface area contributed by atoms with Crippen LogP contribution in [0.3, 0.4) is 0 Å². The number of carbonyl (C=O) groups excluding carboxylic acids is 2. The van der Waals surface area contributed by atoms with Crippen LogP contribution < -0.4 is 0 Å². The number of imide groups is 1. The Bertz CT molecular complexity index is 337. The van der Waals surface area contributed by atoms with Gasteiger partial charge in [-0.3, -0.25) is 14.5 Å². The third kappa shape index (κ3) is 1.33. The number of likely N-dealkylation sites (tertiary alicyclic amines) is 1. The Morgan fingerprint density at radius 1 is 1.23 bits per heavy atom. The first-order chi connectivity index (χ1) is 6.13. The van der Waals surface area contributed by atoms with Crippen molar-refractivity contribution in [1.82, 2.24) is 4.90 Å². The van der Waals surface area contributed by atoms with Crippen LogP contribution in [-0.4, -0.2) is 23.8 Å². The number of amides is 2. The molecule has 0 unspecified atom stereocenters. The number of hydrogen-bond donors (Lipinski definition) is 0. The lowest BCUT2D eigenvalue weighted by atomic mass is 10.1. The molecule has 1 aliphatic heterocycles. The zero-order valence-electron chi connectivity index (χ0n) is 7.70. The number of carbonyl (C=O) groups is 2. The Balaban J connectivity index is 3.24. The molecule has 68 valence electrons. The van der Waals surface area contributed by atoms with Gasteiger partial charge in [0.2, 0.25) is 0 Å². The number of hydrogen-bond acceptors (Lipinski definition) is 2. The van der Waals surface area contributed by atoms with Gasteiger partial charge in [0.05, 0.1) is 5.57 Å². The van der Waals surface area contributed by atoms with Crippen LogP contribution in [-0.2, 0) is 9.59 Å². The predicted octanol–water partition coefficient (Wildman–Crippen LogP) is 1.04. The zero-order chi connectivity index (χ0) is 10.0. The molecule has 0 aromatic carbocycles. The number of rotatable bonds is 1. The average molecular weight is 177 g/mol. The first-order valence-corrected chi connectivity index (χ1v) is 3.95. The Kier molecular flexibility index (Phi) is 2.46. The summed E-state index contributed by atoms with van der Waals surface area (Å²) in [6.07, 6.45) is 4.70. The van der Waals surface area contributed by atoms with Crippen LogP contribution in [0.15, 0.2) is 36.0 Å². The molecule has 2 amide bonds. The maximum Gasteiger partial charge on any atom is 0.261 e. The van der Waals surface area contributed by atoms with Crippen molar-refractivity contribution in [3.8, 4) is 0 Å². The number of likely N-dealkylation sites (N-methyl/N-ethyl adjacent to an activating group) is 1. The van der Waals surface area contributed by atoms with Crippen molar-refractivity contribution < 1.29 is 9.59 Å². The normalized spacial score (nSPS) is 23.4. The predicted molar refractivity (Wildman–Crippen MR) is 49.8 cm³/mol. The topological polar surface area (TPSA) is 37.4 Å².